The number of rotatable bonds is 7. The SMILES string of the molecule is C[C@@H](NC(=O)CNC[C@@H]1CCCN1c1cccnn1)c1ccco1. The normalized spacial score (nSPS) is 18.5. The van der Waals surface area contributed by atoms with E-state index in [0.717, 1.165) is 37.5 Å². The van der Waals surface area contributed by atoms with Gasteiger partial charge in [0.2, 0.25) is 5.91 Å². The smallest absolute Gasteiger partial charge is 0.234 e. The molecule has 7 heteroatoms. The van der Waals surface area contributed by atoms with Crippen LogP contribution in [0.1, 0.15) is 31.6 Å². The summed E-state index contributed by atoms with van der Waals surface area (Å²) in [6.07, 6.45) is 5.51. The summed E-state index contributed by atoms with van der Waals surface area (Å²) in [6.45, 7) is 3.92. The number of furan rings is 1. The van der Waals surface area contributed by atoms with Crippen LogP contribution in [0.2, 0.25) is 0 Å². The molecule has 1 aliphatic rings. The van der Waals surface area contributed by atoms with Crippen molar-refractivity contribution in [2.75, 3.05) is 24.5 Å². The maximum atomic E-state index is 12.0. The van der Waals surface area contributed by atoms with E-state index in [1.807, 2.05) is 31.2 Å². The summed E-state index contributed by atoms with van der Waals surface area (Å²) in [6, 6.07) is 7.76. The molecule has 0 bridgehead atoms. The minimum atomic E-state index is -0.128. The van der Waals surface area contributed by atoms with Crippen molar-refractivity contribution in [3.63, 3.8) is 0 Å². The summed E-state index contributed by atoms with van der Waals surface area (Å²) in [7, 11) is 0. The first-order chi connectivity index (χ1) is 11.7. The lowest BCUT2D eigenvalue weighted by atomic mass is 10.2. The zero-order chi connectivity index (χ0) is 16.8. The Hall–Kier alpha value is -2.41. The fourth-order valence-electron chi connectivity index (χ4n) is 3.05. The summed E-state index contributed by atoms with van der Waals surface area (Å²) in [4.78, 5) is 14.3. The van der Waals surface area contributed by atoms with Gasteiger partial charge in [0.15, 0.2) is 5.82 Å². The van der Waals surface area contributed by atoms with E-state index in [1.54, 1.807) is 12.5 Å². The van der Waals surface area contributed by atoms with Gasteiger partial charge < -0.3 is 20.0 Å². The van der Waals surface area contributed by atoms with E-state index in [4.69, 9.17) is 4.42 Å². The molecule has 2 aromatic heterocycles. The molecule has 2 aromatic rings. The van der Waals surface area contributed by atoms with Gasteiger partial charge in [0.05, 0.1) is 18.8 Å². The van der Waals surface area contributed by atoms with E-state index >= 15 is 0 Å². The number of amides is 1. The van der Waals surface area contributed by atoms with Crippen molar-refractivity contribution in [2.45, 2.75) is 31.8 Å². The summed E-state index contributed by atoms with van der Waals surface area (Å²) in [5, 5.41) is 14.3. The van der Waals surface area contributed by atoms with Crippen molar-refractivity contribution in [1.82, 2.24) is 20.8 Å². The molecule has 0 aromatic carbocycles. The summed E-state index contributed by atoms with van der Waals surface area (Å²) >= 11 is 0. The molecule has 0 unspecified atom stereocenters. The van der Waals surface area contributed by atoms with E-state index in [9.17, 15) is 4.79 Å². The van der Waals surface area contributed by atoms with Crippen molar-refractivity contribution in [3.8, 4) is 0 Å². The topological polar surface area (TPSA) is 83.3 Å². The maximum absolute atomic E-state index is 12.0. The van der Waals surface area contributed by atoms with Crippen molar-refractivity contribution in [2.24, 2.45) is 0 Å². The van der Waals surface area contributed by atoms with Crippen LogP contribution in [0.25, 0.3) is 0 Å². The van der Waals surface area contributed by atoms with E-state index in [0.29, 0.717) is 6.04 Å². The molecule has 1 fully saturated rings. The Morgan fingerprint density at radius 2 is 2.38 bits per heavy atom. The first-order valence-corrected chi connectivity index (χ1v) is 8.32. The highest BCUT2D eigenvalue weighted by Gasteiger charge is 2.25. The van der Waals surface area contributed by atoms with Crippen LogP contribution in [0.15, 0.2) is 41.1 Å². The van der Waals surface area contributed by atoms with Crippen LogP contribution in [0.4, 0.5) is 5.82 Å². The number of carbonyl (C=O) groups excluding carboxylic acids is 1. The second kappa shape index (κ2) is 7.92. The number of anilines is 1. The van der Waals surface area contributed by atoms with E-state index in [1.165, 1.54) is 0 Å². The molecule has 3 heterocycles. The largest absolute Gasteiger partial charge is 0.467 e. The van der Waals surface area contributed by atoms with Crippen LogP contribution >= 0.6 is 0 Å². The fourth-order valence-corrected chi connectivity index (χ4v) is 3.05. The standard InChI is InChI=1S/C17H23N5O2/c1-13(15-6-4-10-24-15)20-17(23)12-18-11-14-5-3-9-22(14)16-7-2-8-19-21-16/h2,4,6-8,10,13-14,18H,3,5,9,11-12H2,1H3,(H,20,23)/t13-,14+/m1/s1. The number of hydrogen-bond acceptors (Lipinski definition) is 6. The average Bonchev–Trinajstić information content (AvgIpc) is 3.27. The van der Waals surface area contributed by atoms with Crippen LogP contribution in [0, 0.1) is 0 Å². The van der Waals surface area contributed by atoms with Crippen molar-refractivity contribution in [3.05, 3.63) is 42.5 Å². The second-order valence-corrected chi connectivity index (χ2v) is 6.01. The van der Waals surface area contributed by atoms with Gasteiger partial charge in [0, 0.05) is 25.3 Å². The minimum Gasteiger partial charge on any atom is -0.467 e. The van der Waals surface area contributed by atoms with E-state index < -0.39 is 0 Å². The van der Waals surface area contributed by atoms with Crippen LogP contribution in [0.3, 0.4) is 0 Å². The number of nitrogens with one attached hydrogen (secondary N) is 2. The predicted octanol–water partition coefficient (Wildman–Crippen LogP) is 1.51. The third-order valence-corrected chi connectivity index (χ3v) is 4.24. The Bertz CT molecular complexity index is 632. The first-order valence-electron chi connectivity index (χ1n) is 8.32. The molecule has 2 N–H and O–H groups in total. The van der Waals surface area contributed by atoms with Gasteiger partial charge in [0.1, 0.15) is 5.76 Å². The monoisotopic (exact) mass is 329 g/mol. The Morgan fingerprint density at radius 1 is 1.46 bits per heavy atom. The van der Waals surface area contributed by atoms with Gasteiger partial charge in [-0.2, -0.15) is 5.10 Å². The number of carbonyl (C=O) groups is 1. The van der Waals surface area contributed by atoms with Crippen molar-refractivity contribution >= 4 is 11.7 Å². The molecule has 1 saturated heterocycles. The van der Waals surface area contributed by atoms with Gasteiger partial charge in [0.25, 0.3) is 0 Å². The second-order valence-electron chi connectivity index (χ2n) is 6.01. The highest BCUT2D eigenvalue weighted by Crippen LogP contribution is 2.22. The Labute approximate surface area is 141 Å². The molecule has 1 amide bonds. The molecule has 0 spiro atoms. The van der Waals surface area contributed by atoms with Crippen LogP contribution < -0.4 is 15.5 Å². The Kier molecular flexibility index (Phi) is 5.43. The molecule has 2 atom stereocenters. The molecule has 7 nitrogen and oxygen atoms in total. The number of aromatic nitrogens is 2. The molecule has 3 rings (SSSR count). The fraction of sp³-hybridized carbons (Fsp3) is 0.471. The molecule has 0 aliphatic carbocycles. The van der Waals surface area contributed by atoms with E-state index in [2.05, 4.69) is 25.7 Å². The maximum Gasteiger partial charge on any atom is 0.234 e. The summed E-state index contributed by atoms with van der Waals surface area (Å²) in [5.74, 6) is 1.62. The van der Waals surface area contributed by atoms with Gasteiger partial charge >= 0.3 is 0 Å². The zero-order valence-electron chi connectivity index (χ0n) is 13.8. The highest BCUT2D eigenvalue weighted by molar-refractivity contribution is 5.78. The first kappa shape index (κ1) is 16.4. The van der Waals surface area contributed by atoms with Gasteiger partial charge in [-0.15, -0.1) is 5.10 Å². The Morgan fingerprint density at radius 3 is 3.12 bits per heavy atom. The summed E-state index contributed by atoms with van der Waals surface area (Å²) < 4.78 is 5.29. The molecule has 0 radical (unpaired) electrons. The van der Waals surface area contributed by atoms with Gasteiger partial charge in [-0.3, -0.25) is 4.79 Å². The molecule has 1 aliphatic heterocycles. The van der Waals surface area contributed by atoms with Gasteiger partial charge in [-0.1, -0.05) is 0 Å². The lowest BCUT2D eigenvalue weighted by Crippen LogP contribution is -2.42. The lowest BCUT2D eigenvalue weighted by Gasteiger charge is -2.25. The molecule has 128 valence electrons. The van der Waals surface area contributed by atoms with Crippen LogP contribution in [-0.2, 0) is 4.79 Å². The Balaban J connectivity index is 1.43. The number of hydrogen-bond donors (Lipinski definition) is 2. The lowest BCUT2D eigenvalue weighted by molar-refractivity contribution is -0.121. The van der Waals surface area contributed by atoms with Crippen molar-refractivity contribution < 1.29 is 9.21 Å². The molecule has 0 saturated carbocycles. The third-order valence-electron chi connectivity index (χ3n) is 4.24. The minimum absolute atomic E-state index is 0.0389. The molecule has 24 heavy (non-hydrogen) atoms. The molecular formula is C17H23N5O2. The van der Waals surface area contributed by atoms with Gasteiger partial charge in [-0.25, -0.2) is 0 Å². The van der Waals surface area contributed by atoms with Crippen LogP contribution in [0.5, 0.6) is 0 Å². The van der Waals surface area contributed by atoms with E-state index in [-0.39, 0.29) is 18.5 Å². The highest BCUT2D eigenvalue weighted by atomic mass is 16.3. The zero-order valence-corrected chi connectivity index (χ0v) is 13.8. The quantitative estimate of drug-likeness (QED) is 0.801. The molecular weight excluding hydrogens is 306 g/mol. The number of nitrogens with zero attached hydrogens (tertiary/aromatic N) is 3. The van der Waals surface area contributed by atoms with Crippen LogP contribution in [-0.4, -0.2) is 41.8 Å². The summed E-state index contributed by atoms with van der Waals surface area (Å²) in [5.41, 5.74) is 0. The predicted molar refractivity (Wildman–Crippen MR) is 90.5 cm³/mol. The average molecular weight is 329 g/mol. The van der Waals surface area contributed by atoms with Gasteiger partial charge in [-0.05, 0) is 44.0 Å². The van der Waals surface area contributed by atoms with Crippen molar-refractivity contribution in [1.29, 1.82) is 0 Å². The third kappa shape index (κ3) is 4.11.